The first-order chi connectivity index (χ1) is 13.4. The normalized spacial score (nSPS) is 11.5. The fourth-order valence-corrected chi connectivity index (χ4v) is 3.03. The Morgan fingerprint density at radius 3 is 2.64 bits per heavy atom. The molecule has 1 amide bonds. The van der Waals surface area contributed by atoms with E-state index in [0.29, 0.717) is 5.13 Å². The Labute approximate surface area is 164 Å². The molecule has 0 unspecified atom stereocenters. The third-order valence-corrected chi connectivity index (χ3v) is 4.51. The van der Waals surface area contributed by atoms with E-state index in [1.807, 2.05) is 35.7 Å². The molecular weight excluding hydrogens is 382 g/mol. The van der Waals surface area contributed by atoms with Crippen molar-refractivity contribution in [3.63, 3.8) is 0 Å². The highest BCUT2D eigenvalue weighted by Crippen LogP contribution is 2.24. The quantitative estimate of drug-likeness (QED) is 0.383. The van der Waals surface area contributed by atoms with Gasteiger partial charge in [0, 0.05) is 23.1 Å². The number of anilines is 1. The predicted molar refractivity (Wildman–Crippen MR) is 104 cm³/mol. The number of carbonyl (C=O) groups is 2. The molecule has 0 aliphatic heterocycles. The van der Waals surface area contributed by atoms with E-state index in [1.165, 1.54) is 36.5 Å². The van der Waals surface area contributed by atoms with Gasteiger partial charge in [0.15, 0.2) is 11.2 Å². The lowest BCUT2D eigenvalue weighted by Gasteiger charge is -2.12. The van der Waals surface area contributed by atoms with Gasteiger partial charge in [-0.1, -0.05) is 36.4 Å². The minimum absolute atomic E-state index is 0.00513. The molecule has 3 aromatic rings. The van der Waals surface area contributed by atoms with Crippen molar-refractivity contribution in [1.82, 2.24) is 4.98 Å². The summed E-state index contributed by atoms with van der Waals surface area (Å²) in [5.41, 5.74) is 1.41. The smallest absolute Gasteiger partial charge is 0.339 e. The summed E-state index contributed by atoms with van der Waals surface area (Å²) in [7, 11) is 0. The summed E-state index contributed by atoms with van der Waals surface area (Å²) in [6, 6.07) is 14.6. The van der Waals surface area contributed by atoms with E-state index in [2.05, 4.69) is 10.3 Å². The number of hydrogen-bond donors (Lipinski definition) is 1. The van der Waals surface area contributed by atoms with Crippen LogP contribution >= 0.6 is 11.3 Å². The number of thiazole rings is 1. The Morgan fingerprint density at radius 2 is 1.93 bits per heavy atom. The number of nitrogens with one attached hydrogen (secondary N) is 1. The highest BCUT2D eigenvalue weighted by molar-refractivity contribution is 7.14. The summed E-state index contributed by atoms with van der Waals surface area (Å²) in [5, 5.41) is 15.6. The number of nitrogens with zero attached hydrogens (tertiary/aromatic N) is 2. The Kier molecular flexibility index (Phi) is 5.75. The summed E-state index contributed by atoms with van der Waals surface area (Å²) >= 11 is 1.25. The monoisotopic (exact) mass is 397 g/mol. The number of carbonyl (C=O) groups excluding carboxylic acids is 2. The number of amides is 1. The summed E-state index contributed by atoms with van der Waals surface area (Å²) in [5.74, 6) is -1.37. The standard InChI is InChI=1S/C19H15N3O5S/c1-12(27-18(24)14-8-5-9-15(10-14)22(25)26)17(23)21-19-20-16(11-28-19)13-6-3-2-4-7-13/h2-12H,1H3,(H,20,21,23)/t12-/m1/s1. The molecule has 28 heavy (non-hydrogen) atoms. The maximum atomic E-state index is 12.3. The van der Waals surface area contributed by atoms with Gasteiger partial charge in [0.1, 0.15) is 0 Å². The molecule has 1 aromatic heterocycles. The van der Waals surface area contributed by atoms with E-state index in [1.54, 1.807) is 0 Å². The zero-order valence-electron chi connectivity index (χ0n) is 14.7. The second-order valence-electron chi connectivity index (χ2n) is 5.75. The molecule has 1 heterocycles. The van der Waals surface area contributed by atoms with Crippen molar-refractivity contribution in [2.24, 2.45) is 0 Å². The number of aromatic nitrogens is 1. The van der Waals surface area contributed by atoms with Gasteiger partial charge in [0.25, 0.3) is 11.6 Å². The van der Waals surface area contributed by atoms with Gasteiger partial charge < -0.3 is 4.74 Å². The maximum absolute atomic E-state index is 12.3. The van der Waals surface area contributed by atoms with E-state index in [4.69, 9.17) is 4.74 Å². The minimum Gasteiger partial charge on any atom is -0.449 e. The lowest BCUT2D eigenvalue weighted by atomic mass is 10.2. The Hall–Kier alpha value is -3.59. The van der Waals surface area contributed by atoms with Crippen LogP contribution in [0.3, 0.4) is 0 Å². The molecule has 1 atom stereocenters. The van der Waals surface area contributed by atoms with E-state index in [-0.39, 0.29) is 11.3 Å². The van der Waals surface area contributed by atoms with Crippen molar-refractivity contribution >= 4 is 34.0 Å². The topological polar surface area (TPSA) is 111 Å². The number of ether oxygens (including phenoxy) is 1. The predicted octanol–water partition coefficient (Wildman–Crippen LogP) is 3.90. The summed E-state index contributed by atoms with van der Waals surface area (Å²) in [6.45, 7) is 1.41. The van der Waals surface area contributed by atoms with Crippen molar-refractivity contribution < 1.29 is 19.2 Å². The van der Waals surface area contributed by atoms with Crippen LogP contribution in [0.2, 0.25) is 0 Å². The van der Waals surface area contributed by atoms with Crippen LogP contribution in [0.25, 0.3) is 11.3 Å². The SMILES string of the molecule is C[C@@H](OC(=O)c1cccc([N+](=O)[O-])c1)C(=O)Nc1nc(-c2ccccc2)cs1. The molecule has 9 heteroatoms. The van der Waals surface area contributed by atoms with Gasteiger partial charge in [-0.15, -0.1) is 11.3 Å². The zero-order chi connectivity index (χ0) is 20.1. The third kappa shape index (κ3) is 4.57. The first kappa shape index (κ1) is 19.2. The number of hydrogen-bond acceptors (Lipinski definition) is 7. The lowest BCUT2D eigenvalue weighted by molar-refractivity contribution is -0.384. The molecule has 2 aromatic carbocycles. The Balaban J connectivity index is 1.62. The number of esters is 1. The average Bonchev–Trinajstić information content (AvgIpc) is 3.17. The van der Waals surface area contributed by atoms with Crippen LogP contribution < -0.4 is 5.32 Å². The molecule has 0 radical (unpaired) electrons. The highest BCUT2D eigenvalue weighted by atomic mass is 32.1. The van der Waals surface area contributed by atoms with Crippen molar-refractivity contribution in [2.45, 2.75) is 13.0 Å². The van der Waals surface area contributed by atoms with Crippen molar-refractivity contribution in [3.8, 4) is 11.3 Å². The van der Waals surface area contributed by atoms with Gasteiger partial charge in [-0.05, 0) is 13.0 Å². The van der Waals surface area contributed by atoms with Crippen molar-refractivity contribution in [1.29, 1.82) is 0 Å². The summed E-state index contributed by atoms with van der Waals surface area (Å²) in [6.07, 6.45) is -1.10. The number of nitro groups is 1. The van der Waals surface area contributed by atoms with Gasteiger partial charge in [0.05, 0.1) is 16.2 Å². The van der Waals surface area contributed by atoms with E-state index in [9.17, 15) is 19.7 Å². The number of benzene rings is 2. The van der Waals surface area contributed by atoms with Crippen molar-refractivity contribution in [2.75, 3.05) is 5.32 Å². The van der Waals surface area contributed by atoms with Crippen LogP contribution in [0.4, 0.5) is 10.8 Å². The van der Waals surface area contributed by atoms with E-state index in [0.717, 1.165) is 17.3 Å². The van der Waals surface area contributed by atoms with Gasteiger partial charge >= 0.3 is 5.97 Å². The molecule has 0 fully saturated rings. The maximum Gasteiger partial charge on any atom is 0.339 e. The van der Waals surface area contributed by atoms with Gasteiger partial charge in [-0.2, -0.15) is 0 Å². The molecule has 1 N–H and O–H groups in total. The highest BCUT2D eigenvalue weighted by Gasteiger charge is 2.21. The zero-order valence-corrected chi connectivity index (χ0v) is 15.5. The molecule has 0 saturated heterocycles. The van der Waals surface area contributed by atoms with Crippen LogP contribution in [-0.2, 0) is 9.53 Å². The van der Waals surface area contributed by atoms with Gasteiger partial charge in [0.2, 0.25) is 0 Å². The molecule has 0 saturated carbocycles. The molecule has 3 rings (SSSR count). The number of rotatable bonds is 6. The molecule has 0 aliphatic carbocycles. The Bertz CT molecular complexity index is 1020. The van der Waals surface area contributed by atoms with Crippen LogP contribution in [0, 0.1) is 10.1 Å². The third-order valence-electron chi connectivity index (χ3n) is 3.75. The second kappa shape index (κ2) is 8.40. The molecule has 142 valence electrons. The van der Waals surface area contributed by atoms with E-state index < -0.39 is 22.9 Å². The molecule has 0 bridgehead atoms. The molecule has 8 nitrogen and oxygen atoms in total. The van der Waals surface area contributed by atoms with Crippen LogP contribution in [-0.4, -0.2) is 27.9 Å². The minimum atomic E-state index is -1.10. The van der Waals surface area contributed by atoms with Crippen LogP contribution in [0.1, 0.15) is 17.3 Å². The van der Waals surface area contributed by atoms with Crippen LogP contribution in [0.5, 0.6) is 0 Å². The molecule has 0 spiro atoms. The first-order valence-corrected chi connectivity index (χ1v) is 9.09. The first-order valence-electron chi connectivity index (χ1n) is 8.21. The summed E-state index contributed by atoms with van der Waals surface area (Å²) < 4.78 is 5.10. The molecule has 0 aliphatic rings. The van der Waals surface area contributed by atoms with Crippen molar-refractivity contribution in [3.05, 3.63) is 75.7 Å². The van der Waals surface area contributed by atoms with Crippen LogP contribution in [0.15, 0.2) is 60.0 Å². The largest absolute Gasteiger partial charge is 0.449 e. The fourth-order valence-electron chi connectivity index (χ4n) is 2.31. The lowest BCUT2D eigenvalue weighted by Crippen LogP contribution is -2.30. The van der Waals surface area contributed by atoms with E-state index >= 15 is 0 Å². The average molecular weight is 397 g/mol. The number of non-ortho nitro benzene ring substituents is 1. The fraction of sp³-hybridized carbons (Fsp3) is 0.105. The van der Waals surface area contributed by atoms with Gasteiger partial charge in [-0.3, -0.25) is 20.2 Å². The summed E-state index contributed by atoms with van der Waals surface area (Å²) in [4.78, 5) is 38.9. The number of nitro benzene ring substituents is 1. The molecular formula is C19H15N3O5S. The van der Waals surface area contributed by atoms with Gasteiger partial charge in [-0.25, -0.2) is 9.78 Å². The second-order valence-corrected chi connectivity index (χ2v) is 6.61. The Morgan fingerprint density at radius 1 is 1.18 bits per heavy atom.